The first-order valence-electron chi connectivity index (χ1n) is 4.05. The van der Waals surface area contributed by atoms with E-state index in [4.69, 9.17) is 0 Å². The summed E-state index contributed by atoms with van der Waals surface area (Å²) >= 11 is 0. The summed E-state index contributed by atoms with van der Waals surface area (Å²) in [6.45, 7) is 1.02. The molecule has 0 fully saturated rings. The minimum absolute atomic E-state index is 1.02. The van der Waals surface area contributed by atoms with E-state index in [1.54, 1.807) is 0 Å². The summed E-state index contributed by atoms with van der Waals surface area (Å²) in [5.74, 6) is 0. The van der Waals surface area contributed by atoms with Gasteiger partial charge < -0.3 is 0 Å². The highest BCUT2D eigenvalue weighted by atomic mass is 14.8. The quantitative estimate of drug-likeness (QED) is 0.574. The maximum absolute atomic E-state index is 4.42. The average molecular weight is 145 g/mol. The highest BCUT2D eigenvalue weighted by Crippen LogP contribution is 2.11. The lowest BCUT2D eigenvalue weighted by Crippen LogP contribution is -1.94. The van der Waals surface area contributed by atoms with E-state index in [9.17, 15) is 0 Å². The van der Waals surface area contributed by atoms with Crippen LogP contribution in [0.3, 0.4) is 0 Å². The van der Waals surface area contributed by atoms with E-state index in [0.717, 1.165) is 13.0 Å². The van der Waals surface area contributed by atoms with Crippen molar-refractivity contribution in [2.75, 3.05) is 6.54 Å². The Morgan fingerprint density at radius 1 is 1.09 bits per heavy atom. The first-order valence-corrected chi connectivity index (χ1v) is 4.05. The van der Waals surface area contributed by atoms with Gasteiger partial charge in [0.05, 0.1) is 0 Å². The second-order valence-corrected chi connectivity index (χ2v) is 2.80. The third kappa shape index (κ3) is 1.32. The van der Waals surface area contributed by atoms with Gasteiger partial charge in [-0.05, 0) is 18.4 Å². The van der Waals surface area contributed by atoms with Crippen molar-refractivity contribution in [2.24, 2.45) is 4.99 Å². The largest absolute Gasteiger partial charge is 0.289 e. The van der Waals surface area contributed by atoms with E-state index in [0.29, 0.717) is 0 Å². The van der Waals surface area contributed by atoms with Crippen molar-refractivity contribution < 1.29 is 0 Å². The van der Waals surface area contributed by atoms with E-state index >= 15 is 0 Å². The minimum atomic E-state index is 1.02. The molecule has 1 heteroatoms. The molecule has 11 heavy (non-hydrogen) atoms. The Morgan fingerprint density at radius 2 is 1.91 bits per heavy atom. The summed E-state index contributed by atoms with van der Waals surface area (Å²) in [6.07, 6.45) is 2.38. The van der Waals surface area contributed by atoms with Crippen molar-refractivity contribution >= 4 is 5.71 Å². The summed E-state index contributed by atoms with van der Waals surface area (Å²) in [5.41, 5.74) is 2.58. The first-order chi connectivity index (χ1) is 5.47. The van der Waals surface area contributed by atoms with Crippen LogP contribution in [-0.2, 0) is 0 Å². The van der Waals surface area contributed by atoms with Crippen LogP contribution in [0.25, 0.3) is 0 Å². The van der Waals surface area contributed by atoms with Crippen LogP contribution >= 0.6 is 0 Å². The lowest BCUT2D eigenvalue weighted by atomic mass is 10.1. The first kappa shape index (κ1) is 6.59. The Kier molecular flexibility index (Phi) is 1.72. The van der Waals surface area contributed by atoms with Crippen molar-refractivity contribution in [1.82, 2.24) is 0 Å². The number of nitrogens with zero attached hydrogens (tertiary/aromatic N) is 1. The van der Waals surface area contributed by atoms with Gasteiger partial charge in [0.1, 0.15) is 0 Å². The lowest BCUT2D eigenvalue weighted by molar-refractivity contribution is 0.951. The number of hydrogen-bond donors (Lipinski definition) is 0. The van der Waals surface area contributed by atoms with Crippen LogP contribution in [0.5, 0.6) is 0 Å². The number of hydrogen-bond acceptors (Lipinski definition) is 1. The van der Waals surface area contributed by atoms with Gasteiger partial charge in [-0.25, -0.2) is 0 Å². The zero-order chi connectivity index (χ0) is 7.52. The highest BCUT2D eigenvalue weighted by Gasteiger charge is 2.06. The van der Waals surface area contributed by atoms with Crippen LogP contribution in [0.2, 0.25) is 0 Å². The Hall–Kier alpha value is -1.11. The Morgan fingerprint density at radius 3 is 2.55 bits per heavy atom. The van der Waals surface area contributed by atoms with Crippen LogP contribution in [0.4, 0.5) is 0 Å². The molecule has 0 aliphatic carbocycles. The molecule has 1 aromatic rings. The SMILES string of the molecule is c1ccc(C2=NCCC2)cc1. The molecule has 1 heterocycles. The molecule has 1 aromatic carbocycles. The third-order valence-electron chi connectivity index (χ3n) is 1.98. The Balaban J connectivity index is 2.29. The highest BCUT2D eigenvalue weighted by molar-refractivity contribution is 6.01. The standard InChI is InChI=1S/C10H11N/c1-2-5-9(6-3-1)10-7-4-8-11-10/h1-3,5-6H,4,7-8H2. The van der Waals surface area contributed by atoms with Gasteiger partial charge in [0, 0.05) is 12.3 Å². The summed E-state index contributed by atoms with van der Waals surface area (Å²) < 4.78 is 0. The monoisotopic (exact) mass is 145 g/mol. The molecule has 0 atom stereocenters. The van der Waals surface area contributed by atoms with Gasteiger partial charge in [0.2, 0.25) is 0 Å². The van der Waals surface area contributed by atoms with E-state index in [1.807, 2.05) is 6.07 Å². The fourth-order valence-corrected chi connectivity index (χ4v) is 1.41. The van der Waals surface area contributed by atoms with E-state index in [2.05, 4.69) is 29.3 Å². The maximum atomic E-state index is 4.42. The topological polar surface area (TPSA) is 12.4 Å². The van der Waals surface area contributed by atoms with Crippen molar-refractivity contribution in [3.05, 3.63) is 35.9 Å². The summed E-state index contributed by atoms with van der Waals surface area (Å²) in [7, 11) is 0. The van der Waals surface area contributed by atoms with Crippen LogP contribution in [0.15, 0.2) is 35.3 Å². The molecule has 1 nitrogen and oxygen atoms in total. The molecule has 0 amide bonds. The number of benzene rings is 1. The molecule has 1 aliphatic rings. The number of rotatable bonds is 1. The van der Waals surface area contributed by atoms with Crippen molar-refractivity contribution in [3.63, 3.8) is 0 Å². The molecular weight excluding hydrogens is 134 g/mol. The predicted octanol–water partition coefficient (Wildman–Crippen LogP) is 2.27. The molecule has 2 rings (SSSR count). The summed E-state index contributed by atoms with van der Waals surface area (Å²) in [6, 6.07) is 10.4. The smallest absolute Gasteiger partial charge is 0.0421 e. The van der Waals surface area contributed by atoms with Gasteiger partial charge in [-0.15, -0.1) is 0 Å². The molecule has 0 saturated carbocycles. The van der Waals surface area contributed by atoms with Crippen LogP contribution < -0.4 is 0 Å². The molecule has 0 spiro atoms. The van der Waals surface area contributed by atoms with E-state index in [1.165, 1.54) is 17.7 Å². The lowest BCUT2D eigenvalue weighted by Gasteiger charge is -1.97. The fourth-order valence-electron chi connectivity index (χ4n) is 1.41. The van der Waals surface area contributed by atoms with Gasteiger partial charge in [-0.2, -0.15) is 0 Å². The Labute approximate surface area is 66.8 Å². The third-order valence-corrected chi connectivity index (χ3v) is 1.98. The molecule has 1 aliphatic heterocycles. The second-order valence-electron chi connectivity index (χ2n) is 2.80. The van der Waals surface area contributed by atoms with Crippen molar-refractivity contribution in [2.45, 2.75) is 12.8 Å². The summed E-state index contributed by atoms with van der Waals surface area (Å²) in [5, 5.41) is 0. The zero-order valence-electron chi connectivity index (χ0n) is 6.46. The molecule has 0 radical (unpaired) electrons. The van der Waals surface area contributed by atoms with Gasteiger partial charge >= 0.3 is 0 Å². The van der Waals surface area contributed by atoms with Crippen LogP contribution in [0.1, 0.15) is 18.4 Å². The van der Waals surface area contributed by atoms with Crippen LogP contribution in [-0.4, -0.2) is 12.3 Å². The fraction of sp³-hybridized carbons (Fsp3) is 0.300. The normalized spacial score (nSPS) is 16.5. The molecule has 0 unspecified atom stereocenters. The van der Waals surface area contributed by atoms with Gasteiger partial charge in [0.25, 0.3) is 0 Å². The molecule has 0 N–H and O–H groups in total. The van der Waals surface area contributed by atoms with Crippen molar-refractivity contribution in [1.29, 1.82) is 0 Å². The molecular formula is C10H11N. The summed E-state index contributed by atoms with van der Waals surface area (Å²) in [4.78, 5) is 4.42. The van der Waals surface area contributed by atoms with Crippen molar-refractivity contribution in [3.8, 4) is 0 Å². The van der Waals surface area contributed by atoms with Gasteiger partial charge in [-0.1, -0.05) is 30.3 Å². The van der Waals surface area contributed by atoms with E-state index < -0.39 is 0 Å². The van der Waals surface area contributed by atoms with Gasteiger partial charge in [-0.3, -0.25) is 4.99 Å². The maximum Gasteiger partial charge on any atom is 0.0421 e. The second kappa shape index (κ2) is 2.87. The van der Waals surface area contributed by atoms with Gasteiger partial charge in [0.15, 0.2) is 0 Å². The Bertz CT molecular complexity index is 261. The molecule has 0 bridgehead atoms. The molecule has 0 aromatic heterocycles. The average Bonchev–Trinajstić information content (AvgIpc) is 2.58. The van der Waals surface area contributed by atoms with Crippen LogP contribution in [0, 0.1) is 0 Å². The zero-order valence-corrected chi connectivity index (χ0v) is 6.46. The molecule has 0 saturated heterocycles. The predicted molar refractivity (Wildman–Crippen MR) is 47.1 cm³/mol. The van der Waals surface area contributed by atoms with E-state index in [-0.39, 0.29) is 0 Å². The minimum Gasteiger partial charge on any atom is -0.289 e. The molecule has 56 valence electrons. The number of aliphatic imine (C=N–C) groups is 1.